The molecule has 0 saturated carbocycles. The maximum Gasteiger partial charge on any atom is 0.316 e. The highest BCUT2D eigenvalue weighted by Crippen LogP contribution is 2.14. The van der Waals surface area contributed by atoms with E-state index in [1.807, 2.05) is 33.8 Å². The summed E-state index contributed by atoms with van der Waals surface area (Å²) in [7, 11) is 0. The average Bonchev–Trinajstić information content (AvgIpc) is 2.47. The van der Waals surface area contributed by atoms with E-state index >= 15 is 0 Å². The Bertz CT molecular complexity index is 587. The number of nitrogens with one attached hydrogen (secondary N) is 2. The van der Waals surface area contributed by atoms with Crippen LogP contribution in [0.4, 0.5) is 0 Å². The van der Waals surface area contributed by atoms with Crippen LogP contribution < -0.4 is 10.6 Å². The van der Waals surface area contributed by atoms with Gasteiger partial charge in [-0.25, -0.2) is 9.97 Å². The fourth-order valence-corrected chi connectivity index (χ4v) is 2.42. The SMILES string of the molecule is Cc1cc(C)nc(SCC(=O)OCC(=O)NCC(=O)NC(C)C)n1. The molecule has 0 saturated heterocycles. The number of amides is 2. The van der Waals surface area contributed by atoms with E-state index in [1.165, 1.54) is 0 Å². The second kappa shape index (κ2) is 9.86. The predicted molar refractivity (Wildman–Crippen MR) is 89.5 cm³/mol. The highest BCUT2D eigenvalue weighted by molar-refractivity contribution is 7.99. The van der Waals surface area contributed by atoms with Gasteiger partial charge in [-0.2, -0.15) is 0 Å². The van der Waals surface area contributed by atoms with Crippen LogP contribution in [0.15, 0.2) is 11.2 Å². The quantitative estimate of drug-likeness (QED) is 0.394. The highest BCUT2D eigenvalue weighted by Gasteiger charge is 2.11. The lowest BCUT2D eigenvalue weighted by atomic mass is 10.4. The third kappa shape index (κ3) is 8.47. The molecule has 2 N–H and O–H groups in total. The molecule has 0 aliphatic carbocycles. The van der Waals surface area contributed by atoms with E-state index < -0.39 is 18.5 Å². The second-order valence-electron chi connectivity index (χ2n) is 5.38. The molecule has 0 aliphatic rings. The Hall–Kier alpha value is -2.16. The molecule has 1 heterocycles. The fourth-order valence-electron chi connectivity index (χ4n) is 1.67. The van der Waals surface area contributed by atoms with E-state index in [0.717, 1.165) is 23.1 Å². The van der Waals surface area contributed by atoms with Gasteiger partial charge in [0, 0.05) is 17.4 Å². The van der Waals surface area contributed by atoms with Crippen molar-refractivity contribution in [1.29, 1.82) is 0 Å². The number of carbonyl (C=O) groups excluding carboxylic acids is 3. The van der Waals surface area contributed by atoms with Gasteiger partial charge in [-0.3, -0.25) is 14.4 Å². The van der Waals surface area contributed by atoms with Gasteiger partial charge in [0.2, 0.25) is 5.91 Å². The zero-order valence-electron chi connectivity index (χ0n) is 14.2. The summed E-state index contributed by atoms with van der Waals surface area (Å²) in [4.78, 5) is 42.9. The van der Waals surface area contributed by atoms with Crippen LogP contribution in [0.3, 0.4) is 0 Å². The number of hydrogen-bond acceptors (Lipinski definition) is 7. The molecule has 0 atom stereocenters. The summed E-state index contributed by atoms with van der Waals surface area (Å²) < 4.78 is 4.84. The number of carbonyl (C=O) groups is 3. The molecule has 1 aromatic rings. The number of nitrogens with zero attached hydrogens (tertiary/aromatic N) is 2. The molecule has 8 nitrogen and oxygen atoms in total. The van der Waals surface area contributed by atoms with Crippen molar-refractivity contribution in [2.45, 2.75) is 38.9 Å². The van der Waals surface area contributed by atoms with Crippen LogP contribution in [0.25, 0.3) is 0 Å². The highest BCUT2D eigenvalue weighted by atomic mass is 32.2. The molecule has 0 unspecified atom stereocenters. The molecule has 24 heavy (non-hydrogen) atoms. The van der Waals surface area contributed by atoms with Gasteiger partial charge in [0.15, 0.2) is 11.8 Å². The minimum absolute atomic E-state index is 0.00302. The molecule has 1 aromatic heterocycles. The zero-order valence-corrected chi connectivity index (χ0v) is 15.0. The summed E-state index contributed by atoms with van der Waals surface area (Å²) in [6.45, 7) is 6.74. The lowest BCUT2D eigenvalue weighted by Gasteiger charge is -2.09. The van der Waals surface area contributed by atoms with E-state index in [9.17, 15) is 14.4 Å². The molecule has 0 radical (unpaired) electrons. The van der Waals surface area contributed by atoms with Crippen LogP contribution in [-0.4, -0.2) is 52.7 Å². The first-order chi connectivity index (χ1) is 11.3. The van der Waals surface area contributed by atoms with E-state index in [-0.39, 0.29) is 24.2 Å². The minimum Gasteiger partial charge on any atom is -0.455 e. The van der Waals surface area contributed by atoms with Crippen molar-refractivity contribution >= 4 is 29.5 Å². The Labute approximate surface area is 145 Å². The van der Waals surface area contributed by atoms with Gasteiger partial charge in [-0.1, -0.05) is 11.8 Å². The smallest absolute Gasteiger partial charge is 0.316 e. The molecule has 132 valence electrons. The van der Waals surface area contributed by atoms with Crippen LogP contribution in [0.1, 0.15) is 25.2 Å². The molecule has 1 rings (SSSR count). The molecule has 0 fully saturated rings. The lowest BCUT2D eigenvalue weighted by Crippen LogP contribution is -2.41. The number of aromatic nitrogens is 2. The molecular formula is C15H22N4O4S. The number of thioether (sulfide) groups is 1. The molecule has 2 amide bonds. The van der Waals surface area contributed by atoms with Gasteiger partial charge >= 0.3 is 5.97 Å². The van der Waals surface area contributed by atoms with Crippen molar-refractivity contribution in [2.75, 3.05) is 18.9 Å². The standard InChI is InChI=1S/C15H22N4O4S/c1-9(2)17-12(20)6-16-13(21)7-23-14(22)8-24-15-18-10(3)5-11(4)19-15/h5,9H,6-8H2,1-4H3,(H,16,21)(H,17,20). The summed E-state index contributed by atoms with van der Waals surface area (Å²) in [6, 6.07) is 1.83. The summed E-state index contributed by atoms with van der Waals surface area (Å²) in [5, 5.41) is 5.49. The summed E-state index contributed by atoms with van der Waals surface area (Å²) in [5.41, 5.74) is 1.63. The van der Waals surface area contributed by atoms with Crippen molar-refractivity contribution in [3.8, 4) is 0 Å². The van der Waals surface area contributed by atoms with Crippen LogP contribution in [-0.2, 0) is 19.1 Å². The van der Waals surface area contributed by atoms with Crippen molar-refractivity contribution in [2.24, 2.45) is 0 Å². The van der Waals surface area contributed by atoms with Gasteiger partial charge in [0.1, 0.15) is 0 Å². The zero-order chi connectivity index (χ0) is 18.1. The van der Waals surface area contributed by atoms with Gasteiger partial charge in [0.25, 0.3) is 5.91 Å². The van der Waals surface area contributed by atoms with E-state index in [2.05, 4.69) is 20.6 Å². The number of esters is 1. The largest absolute Gasteiger partial charge is 0.455 e. The third-order valence-corrected chi connectivity index (χ3v) is 3.36. The van der Waals surface area contributed by atoms with Gasteiger partial charge in [0.05, 0.1) is 12.3 Å². The first kappa shape index (κ1) is 19.9. The summed E-state index contributed by atoms with van der Waals surface area (Å²) in [5.74, 6) is -1.38. The van der Waals surface area contributed by atoms with Crippen molar-refractivity contribution in [3.63, 3.8) is 0 Å². The number of aryl methyl sites for hydroxylation is 2. The van der Waals surface area contributed by atoms with Crippen LogP contribution >= 0.6 is 11.8 Å². The molecule has 0 spiro atoms. The molecular weight excluding hydrogens is 332 g/mol. The van der Waals surface area contributed by atoms with Crippen molar-refractivity contribution in [3.05, 3.63) is 17.5 Å². The van der Waals surface area contributed by atoms with Gasteiger partial charge in [-0.05, 0) is 33.8 Å². The third-order valence-electron chi connectivity index (χ3n) is 2.54. The topological polar surface area (TPSA) is 110 Å². The number of rotatable bonds is 8. The Morgan fingerprint density at radius 2 is 1.79 bits per heavy atom. The Kier molecular flexibility index (Phi) is 8.17. The normalized spacial score (nSPS) is 10.4. The van der Waals surface area contributed by atoms with Crippen LogP contribution in [0.2, 0.25) is 0 Å². The van der Waals surface area contributed by atoms with E-state index in [0.29, 0.717) is 5.16 Å². The molecule has 0 bridgehead atoms. The fraction of sp³-hybridized carbons (Fsp3) is 0.533. The maximum absolute atomic E-state index is 11.6. The Balaban J connectivity index is 2.25. The summed E-state index contributed by atoms with van der Waals surface area (Å²) >= 11 is 1.14. The second-order valence-corrected chi connectivity index (χ2v) is 6.32. The molecule has 0 aliphatic heterocycles. The van der Waals surface area contributed by atoms with Crippen LogP contribution in [0.5, 0.6) is 0 Å². The monoisotopic (exact) mass is 354 g/mol. The lowest BCUT2D eigenvalue weighted by molar-refractivity contribution is -0.146. The number of ether oxygens (including phenoxy) is 1. The van der Waals surface area contributed by atoms with Crippen molar-refractivity contribution < 1.29 is 19.1 Å². The Morgan fingerprint density at radius 3 is 2.38 bits per heavy atom. The average molecular weight is 354 g/mol. The predicted octanol–water partition coefficient (Wildman–Crippen LogP) is 0.370. The number of hydrogen-bond donors (Lipinski definition) is 2. The summed E-state index contributed by atoms with van der Waals surface area (Å²) in [6.07, 6.45) is 0. The minimum atomic E-state index is -0.551. The maximum atomic E-state index is 11.6. The van der Waals surface area contributed by atoms with E-state index in [1.54, 1.807) is 0 Å². The van der Waals surface area contributed by atoms with Gasteiger partial charge in [-0.15, -0.1) is 0 Å². The first-order valence-electron chi connectivity index (χ1n) is 7.43. The van der Waals surface area contributed by atoms with E-state index in [4.69, 9.17) is 4.74 Å². The van der Waals surface area contributed by atoms with Crippen molar-refractivity contribution in [1.82, 2.24) is 20.6 Å². The van der Waals surface area contributed by atoms with Crippen LogP contribution in [0, 0.1) is 13.8 Å². The molecule has 9 heteroatoms. The Morgan fingerprint density at radius 1 is 1.17 bits per heavy atom. The first-order valence-corrected chi connectivity index (χ1v) is 8.41. The molecule has 0 aromatic carbocycles. The van der Waals surface area contributed by atoms with Gasteiger partial charge < -0.3 is 15.4 Å².